The topological polar surface area (TPSA) is 30.5 Å². The van der Waals surface area contributed by atoms with Crippen LogP contribution in [-0.4, -0.2) is 39.3 Å². The Morgan fingerprint density at radius 2 is 1.75 bits per heavy atom. The summed E-state index contributed by atoms with van der Waals surface area (Å²) in [5.41, 5.74) is -1.31. The Morgan fingerprint density at radius 1 is 1.25 bits per heavy atom. The average Bonchev–Trinajstić information content (AvgIpc) is 2.07. The van der Waals surface area contributed by atoms with Crippen molar-refractivity contribution in [2.75, 3.05) is 27.3 Å². The van der Waals surface area contributed by atoms with Gasteiger partial charge in [0.15, 0.2) is 12.0 Å². The van der Waals surface area contributed by atoms with Gasteiger partial charge >= 0.3 is 0 Å². The van der Waals surface area contributed by atoms with E-state index in [9.17, 15) is 4.39 Å². The molecule has 0 aliphatic carbocycles. The summed E-state index contributed by atoms with van der Waals surface area (Å²) in [5, 5.41) is 3.09. The maximum absolute atomic E-state index is 13.9. The highest BCUT2D eigenvalue weighted by atomic mass is 19.1. The Hall–Kier alpha value is -0.190. The van der Waals surface area contributed by atoms with E-state index in [-0.39, 0.29) is 0 Å². The maximum Gasteiger partial charge on any atom is 0.191 e. The number of hydrogen-bond acceptors (Lipinski definition) is 3. The minimum atomic E-state index is -1.31. The van der Waals surface area contributed by atoms with Gasteiger partial charge in [-0.2, -0.15) is 0 Å². The number of ether oxygens (including phenoxy) is 2. The van der Waals surface area contributed by atoms with Crippen LogP contribution in [0.3, 0.4) is 0 Å². The van der Waals surface area contributed by atoms with Gasteiger partial charge in [-0.05, 0) is 25.9 Å². The second-order valence-electron chi connectivity index (χ2n) is 3.09. The summed E-state index contributed by atoms with van der Waals surface area (Å²) in [6, 6.07) is 0. The highest BCUT2D eigenvalue weighted by Crippen LogP contribution is 2.29. The summed E-state index contributed by atoms with van der Waals surface area (Å²) < 4.78 is 23.8. The molecule has 0 unspecified atom stereocenters. The van der Waals surface area contributed by atoms with Gasteiger partial charge in [-0.1, -0.05) is 0 Å². The SMILES string of the molecule is COC(OC)C1(F)CCNCC1. The van der Waals surface area contributed by atoms with Crippen LogP contribution >= 0.6 is 0 Å². The zero-order valence-electron chi connectivity index (χ0n) is 7.60. The van der Waals surface area contributed by atoms with E-state index in [0.717, 1.165) is 0 Å². The van der Waals surface area contributed by atoms with Crippen LogP contribution in [0.4, 0.5) is 4.39 Å². The van der Waals surface area contributed by atoms with Crippen LogP contribution in [0, 0.1) is 0 Å². The molecule has 0 aromatic heterocycles. The van der Waals surface area contributed by atoms with E-state index in [4.69, 9.17) is 9.47 Å². The first kappa shape index (κ1) is 9.89. The maximum atomic E-state index is 13.9. The zero-order valence-corrected chi connectivity index (χ0v) is 7.60. The van der Waals surface area contributed by atoms with Gasteiger partial charge in [0.25, 0.3) is 0 Å². The third-order valence-corrected chi connectivity index (χ3v) is 2.29. The Bertz CT molecular complexity index is 133. The number of methoxy groups -OCH3 is 2. The molecule has 0 aromatic carbocycles. The molecule has 0 radical (unpaired) electrons. The molecule has 1 fully saturated rings. The van der Waals surface area contributed by atoms with Gasteiger partial charge in [0.1, 0.15) is 0 Å². The Balaban J connectivity index is 2.53. The molecule has 1 aliphatic heterocycles. The lowest BCUT2D eigenvalue weighted by Gasteiger charge is -2.34. The van der Waals surface area contributed by atoms with Crippen molar-refractivity contribution in [3.05, 3.63) is 0 Å². The fourth-order valence-electron chi connectivity index (χ4n) is 1.60. The fourth-order valence-corrected chi connectivity index (χ4v) is 1.60. The van der Waals surface area contributed by atoms with Crippen molar-refractivity contribution < 1.29 is 13.9 Å². The first-order valence-corrected chi connectivity index (χ1v) is 4.18. The summed E-state index contributed by atoms with van der Waals surface area (Å²) in [5.74, 6) is 0. The summed E-state index contributed by atoms with van der Waals surface area (Å²) >= 11 is 0. The second-order valence-corrected chi connectivity index (χ2v) is 3.09. The second kappa shape index (κ2) is 4.16. The Kier molecular flexibility index (Phi) is 3.43. The molecule has 0 amide bonds. The van der Waals surface area contributed by atoms with Crippen LogP contribution in [0.15, 0.2) is 0 Å². The van der Waals surface area contributed by atoms with Crippen LogP contribution in [-0.2, 0) is 9.47 Å². The van der Waals surface area contributed by atoms with E-state index in [2.05, 4.69) is 5.32 Å². The summed E-state index contributed by atoms with van der Waals surface area (Å²) in [6.45, 7) is 1.39. The molecule has 72 valence electrons. The van der Waals surface area contributed by atoms with Gasteiger partial charge in [-0.15, -0.1) is 0 Å². The van der Waals surface area contributed by atoms with Crippen molar-refractivity contribution in [1.82, 2.24) is 5.32 Å². The lowest BCUT2D eigenvalue weighted by Crippen LogP contribution is -2.48. The number of hydrogen-bond donors (Lipinski definition) is 1. The van der Waals surface area contributed by atoms with Crippen molar-refractivity contribution in [2.45, 2.75) is 24.8 Å². The molecule has 1 saturated heterocycles. The van der Waals surface area contributed by atoms with Gasteiger partial charge in [0.2, 0.25) is 0 Å². The largest absolute Gasteiger partial charge is 0.353 e. The highest BCUT2D eigenvalue weighted by Gasteiger charge is 2.40. The average molecular weight is 177 g/mol. The van der Waals surface area contributed by atoms with Crippen LogP contribution < -0.4 is 5.32 Å². The molecule has 3 nitrogen and oxygen atoms in total. The number of piperidine rings is 1. The monoisotopic (exact) mass is 177 g/mol. The van der Waals surface area contributed by atoms with E-state index in [0.29, 0.717) is 25.9 Å². The quantitative estimate of drug-likeness (QED) is 0.644. The highest BCUT2D eigenvalue weighted by molar-refractivity contribution is 4.87. The van der Waals surface area contributed by atoms with Crippen molar-refractivity contribution in [3.8, 4) is 0 Å². The standard InChI is InChI=1S/C8H16FNO2/c1-11-7(12-2)8(9)3-5-10-6-4-8/h7,10H,3-6H2,1-2H3. The van der Waals surface area contributed by atoms with Crippen molar-refractivity contribution in [3.63, 3.8) is 0 Å². The van der Waals surface area contributed by atoms with Gasteiger partial charge in [-0.25, -0.2) is 4.39 Å². The third kappa shape index (κ3) is 1.94. The number of rotatable bonds is 3. The van der Waals surface area contributed by atoms with E-state index in [1.54, 1.807) is 0 Å². The molecule has 4 heteroatoms. The Morgan fingerprint density at radius 3 is 2.17 bits per heavy atom. The van der Waals surface area contributed by atoms with Gasteiger partial charge in [0.05, 0.1) is 0 Å². The first-order chi connectivity index (χ1) is 5.73. The molecule has 1 heterocycles. The molecule has 12 heavy (non-hydrogen) atoms. The predicted molar refractivity (Wildman–Crippen MR) is 43.7 cm³/mol. The predicted octanol–water partition coefficient (Wildman–Crippen LogP) is 0.697. The number of halogens is 1. The third-order valence-electron chi connectivity index (χ3n) is 2.29. The van der Waals surface area contributed by atoms with Gasteiger partial charge in [0, 0.05) is 14.2 Å². The zero-order chi connectivity index (χ0) is 9.03. The van der Waals surface area contributed by atoms with E-state index < -0.39 is 12.0 Å². The summed E-state index contributed by atoms with van der Waals surface area (Å²) in [7, 11) is 2.94. The van der Waals surface area contributed by atoms with E-state index >= 15 is 0 Å². The van der Waals surface area contributed by atoms with Crippen LogP contribution in [0.1, 0.15) is 12.8 Å². The molecule has 0 spiro atoms. The Labute approximate surface area is 72.2 Å². The molecule has 1 aliphatic rings. The van der Waals surface area contributed by atoms with E-state index in [1.807, 2.05) is 0 Å². The minimum Gasteiger partial charge on any atom is -0.353 e. The van der Waals surface area contributed by atoms with Crippen LogP contribution in [0.2, 0.25) is 0 Å². The summed E-state index contributed by atoms with van der Waals surface area (Å²) in [6.07, 6.45) is 0.193. The van der Waals surface area contributed by atoms with Crippen LogP contribution in [0.5, 0.6) is 0 Å². The number of nitrogens with one attached hydrogen (secondary N) is 1. The lowest BCUT2D eigenvalue weighted by molar-refractivity contribution is -0.193. The molecular weight excluding hydrogens is 161 g/mol. The van der Waals surface area contributed by atoms with Crippen LogP contribution in [0.25, 0.3) is 0 Å². The fraction of sp³-hybridized carbons (Fsp3) is 1.00. The van der Waals surface area contributed by atoms with Gasteiger partial charge in [-0.3, -0.25) is 0 Å². The molecule has 0 saturated carbocycles. The molecule has 0 aromatic rings. The summed E-state index contributed by atoms with van der Waals surface area (Å²) in [4.78, 5) is 0. The van der Waals surface area contributed by atoms with Crippen molar-refractivity contribution >= 4 is 0 Å². The smallest absolute Gasteiger partial charge is 0.191 e. The minimum absolute atomic E-state index is 0.458. The molecule has 1 rings (SSSR count). The molecule has 1 N–H and O–H groups in total. The molecule has 0 atom stereocenters. The first-order valence-electron chi connectivity index (χ1n) is 4.18. The van der Waals surface area contributed by atoms with Crippen molar-refractivity contribution in [2.24, 2.45) is 0 Å². The van der Waals surface area contributed by atoms with E-state index in [1.165, 1.54) is 14.2 Å². The molecule has 0 bridgehead atoms. The number of alkyl halides is 1. The van der Waals surface area contributed by atoms with Crippen molar-refractivity contribution in [1.29, 1.82) is 0 Å². The van der Waals surface area contributed by atoms with Gasteiger partial charge < -0.3 is 14.8 Å². The molecular formula is C8H16FNO2. The normalized spacial score (nSPS) is 23.0. The lowest BCUT2D eigenvalue weighted by atomic mass is 9.94.